The summed E-state index contributed by atoms with van der Waals surface area (Å²) in [4.78, 5) is 15.6. The molecule has 0 radical (unpaired) electrons. The van der Waals surface area contributed by atoms with Gasteiger partial charge < -0.3 is 5.32 Å². The van der Waals surface area contributed by atoms with Crippen LogP contribution in [-0.2, 0) is 21.0 Å². The second kappa shape index (κ2) is 11.2. The summed E-state index contributed by atoms with van der Waals surface area (Å²) in [7, 11) is -3.86. The number of hydrogen-bond donors (Lipinski definition) is 2. The lowest BCUT2D eigenvalue weighted by Gasteiger charge is -2.35. The van der Waals surface area contributed by atoms with Crippen LogP contribution in [-0.4, -0.2) is 72.5 Å². The number of carbonyl (C=O) groups excluding carboxylic acids is 1. The Balaban J connectivity index is 1.54. The molecule has 8 nitrogen and oxygen atoms in total. The smallest absolute Gasteiger partial charge is 0.356 e. The number of fused-ring (bicyclic) bond motifs is 1. The molecular weight excluding hydrogens is 515 g/mol. The molecule has 2 aliphatic rings. The number of alkyl halides is 3. The third-order valence-corrected chi connectivity index (χ3v) is 10.0. The number of halogens is 3. The number of sulfonamides is 1. The highest BCUT2D eigenvalue weighted by atomic mass is 32.2. The summed E-state index contributed by atoms with van der Waals surface area (Å²) in [6.45, 7) is 4.44. The highest BCUT2D eigenvalue weighted by Crippen LogP contribution is 2.36. The van der Waals surface area contributed by atoms with E-state index in [1.807, 2.05) is 5.10 Å². The first-order valence-electron chi connectivity index (χ1n) is 12.3. The quantitative estimate of drug-likeness (QED) is 0.606. The van der Waals surface area contributed by atoms with Gasteiger partial charge in [-0.3, -0.25) is 14.8 Å². The molecular formula is C23H32F3N5O3S2. The summed E-state index contributed by atoms with van der Waals surface area (Å²) in [6, 6.07) is 2.50. The molecule has 2 saturated heterocycles. The SMILES string of the molecule is Cc1sc(-c2cc(C(F)(F)F)[nH]n2)cc1S(=O)(=O)N1CCCCNC(=O)CC2CCCCN2CCC1. The van der Waals surface area contributed by atoms with Gasteiger partial charge in [0.15, 0.2) is 0 Å². The first-order valence-corrected chi connectivity index (χ1v) is 14.6. The van der Waals surface area contributed by atoms with Crippen molar-refractivity contribution in [2.75, 3.05) is 32.7 Å². The average molecular weight is 548 g/mol. The Kier molecular flexibility index (Phi) is 8.42. The Morgan fingerprint density at radius 1 is 1.06 bits per heavy atom. The Morgan fingerprint density at radius 3 is 2.53 bits per heavy atom. The molecule has 2 N–H and O–H groups in total. The van der Waals surface area contributed by atoms with E-state index in [1.54, 1.807) is 6.92 Å². The number of rotatable bonds is 3. The van der Waals surface area contributed by atoms with E-state index in [4.69, 9.17) is 0 Å². The number of aryl methyl sites for hydroxylation is 1. The number of aromatic amines is 1. The maximum Gasteiger partial charge on any atom is 0.432 e. The van der Waals surface area contributed by atoms with Crippen molar-refractivity contribution in [1.82, 2.24) is 24.7 Å². The van der Waals surface area contributed by atoms with E-state index in [9.17, 15) is 26.4 Å². The van der Waals surface area contributed by atoms with Crippen LogP contribution in [0.15, 0.2) is 17.0 Å². The number of amides is 1. The van der Waals surface area contributed by atoms with Crippen molar-refractivity contribution >= 4 is 27.3 Å². The van der Waals surface area contributed by atoms with Gasteiger partial charge in [-0.15, -0.1) is 11.3 Å². The van der Waals surface area contributed by atoms with Gasteiger partial charge in [-0.2, -0.15) is 22.6 Å². The van der Waals surface area contributed by atoms with Crippen molar-refractivity contribution in [3.05, 3.63) is 22.7 Å². The predicted molar refractivity (Wildman–Crippen MR) is 131 cm³/mol. The zero-order chi connectivity index (χ0) is 25.9. The van der Waals surface area contributed by atoms with Crippen LogP contribution in [0.4, 0.5) is 13.2 Å². The minimum atomic E-state index is -4.56. The number of hydrogen-bond acceptors (Lipinski definition) is 6. The lowest BCUT2D eigenvalue weighted by atomic mass is 9.98. The van der Waals surface area contributed by atoms with Gasteiger partial charge in [0.2, 0.25) is 15.9 Å². The van der Waals surface area contributed by atoms with Gasteiger partial charge >= 0.3 is 6.18 Å². The highest BCUT2D eigenvalue weighted by molar-refractivity contribution is 7.89. The lowest BCUT2D eigenvalue weighted by Crippen LogP contribution is -2.44. The number of nitrogens with one attached hydrogen (secondary N) is 2. The fraction of sp³-hybridized carbons (Fsp3) is 0.652. The molecule has 2 aromatic heterocycles. The van der Waals surface area contributed by atoms with Crippen molar-refractivity contribution in [2.24, 2.45) is 0 Å². The minimum absolute atomic E-state index is 0.0455. The van der Waals surface area contributed by atoms with Gasteiger partial charge in [0.05, 0.1) is 9.77 Å². The summed E-state index contributed by atoms with van der Waals surface area (Å²) in [6.07, 6.45) is 0.941. The zero-order valence-corrected chi connectivity index (χ0v) is 21.9. The summed E-state index contributed by atoms with van der Waals surface area (Å²) >= 11 is 1.11. The monoisotopic (exact) mass is 547 g/mol. The molecule has 0 saturated carbocycles. The molecule has 36 heavy (non-hydrogen) atoms. The van der Waals surface area contributed by atoms with E-state index in [0.29, 0.717) is 61.6 Å². The summed E-state index contributed by atoms with van der Waals surface area (Å²) in [5.41, 5.74) is -0.913. The van der Waals surface area contributed by atoms with Gasteiger partial charge in [-0.05, 0) is 64.3 Å². The molecule has 0 aromatic carbocycles. The molecule has 13 heteroatoms. The number of carbonyl (C=O) groups is 1. The standard InChI is InChI=1S/C23H32F3N5O3S2/c1-16-20(15-19(35-16)18-14-21(29-28-18)23(24,25)26)36(33,34)31-11-5-3-8-27-22(32)13-17-7-2-4-9-30(17)10-6-12-31/h14-15,17H,2-13H2,1H3,(H,27,32)(H,28,29). The van der Waals surface area contributed by atoms with Crippen molar-refractivity contribution in [2.45, 2.75) is 69.0 Å². The van der Waals surface area contributed by atoms with E-state index in [2.05, 4.69) is 15.3 Å². The van der Waals surface area contributed by atoms with Crippen LogP contribution in [0.25, 0.3) is 10.6 Å². The van der Waals surface area contributed by atoms with Gasteiger partial charge in [-0.25, -0.2) is 8.42 Å². The zero-order valence-electron chi connectivity index (χ0n) is 20.2. The Morgan fingerprint density at radius 2 is 1.78 bits per heavy atom. The number of H-pyrrole nitrogens is 1. The van der Waals surface area contributed by atoms with E-state index in [-0.39, 0.29) is 22.5 Å². The third-order valence-electron chi connectivity index (χ3n) is 6.81. The predicted octanol–water partition coefficient (Wildman–Crippen LogP) is 4.00. The maximum atomic E-state index is 13.7. The Labute approximate surface area is 213 Å². The molecule has 1 unspecified atom stereocenters. The van der Waals surface area contributed by atoms with Gasteiger partial charge in [0.1, 0.15) is 11.4 Å². The van der Waals surface area contributed by atoms with Crippen LogP contribution in [0.3, 0.4) is 0 Å². The largest absolute Gasteiger partial charge is 0.432 e. The van der Waals surface area contributed by atoms with E-state index in [0.717, 1.165) is 43.2 Å². The maximum absolute atomic E-state index is 13.7. The number of nitrogens with zero attached hydrogens (tertiary/aromatic N) is 3. The average Bonchev–Trinajstić information content (AvgIpc) is 3.45. The first-order chi connectivity index (χ1) is 17.1. The molecule has 0 aliphatic carbocycles. The lowest BCUT2D eigenvalue weighted by molar-refractivity contribution is -0.141. The second-order valence-corrected chi connectivity index (χ2v) is 12.6. The van der Waals surface area contributed by atoms with Crippen molar-refractivity contribution < 1.29 is 26.4 Å². The number of piperidine rings is 1. The van der Waals surface area contributed by atoms with Crippen molar-refractivity contribution in [3.8, 4) is 10.6 Å². The van der Waals surface area contributed by atoms with Crippen LogP contribution < -0.4 is 5.32 Å². The summed E-state index contributed by atoms with van der Waals surface area (Å²) in [5.74, 6) is 0.0455. The summed E-state index contributed by atoms with van der Waals surface area (Å²) < 4.78 is 67.8. The second-order valence-electron chi connectivity index (χ2n) is 9.40. The van der Waals surface area contributed by atoms with E-state index >= 15 is 0 Å². The van der Waals surface area contributed by atoms with Crippen LogP contribution in [0.2, 0.25) is 0 Å². The number of aromatic nitrogens is 2. The first kappa shape index (κ1) is 27.1. The highest BCUT2D eigenvalue weighted by Gasteiger charge is 2.34. The topological polar surface area (TPSA) is 98.4 Å². The third kappa shape index (κ3) is 6.29. The van der Waals surface area contributed by atoms with E-state index < -0.39 is 21.9 Å². The molecule has 2 aromatic rings. The molecule has 2 aliphatic heterocycles. The summed E-state index contributed by atoms with van der Waals surface area (Å²) in [5, 5.41) is 8.68. The van der Waals surface area contributed by atoms with Crippen LogP contribution in [0, 0.1) is 6.92 Å². The Hall–Kier alpha value is -1.96. The van der Waals surface area contributed by atoms with E-state index in [1.165, 1.54) is 10.4 Å². The van der Waals surface area contributed by atoms with Gasteiger partial charge in [0.25, 0.3) is 0 Å². The number of thiophene rings is 1. The molecule has 2 fully saturated rings. The molecule has 4 heterocycles. The molecule has 1 amide bonds. The minimum Gasteiger partial charge on any atom is -0.356 e. The fourth-order valence-electron chi connectivity index (χ4n) is 4.89. The Bertz CT molecular complexity index is 1160. The van der Waals surface area contributed by atoms with Crippen LogP contribution >= 0.6 is 11.3 Å². The molecule has 200 valence electrons. The van der Waals surface area contributed by atoms with Crippen molar-refractivity contribution in [3.63, 3.8) is 0 Å². The molecule has 0 bridgehead atoms. The molecule has 4 rings (SSSR count). The van der Waals surface area contributed by atoms with Gasteiger partial charge in [0, 0.05) is 37.0 Å². The normalized spacial score (nSPS) is 22.2. The fourth-order valence-corrected chi connectivity index (χ4v) is 7.93. The van der Waals surface area contributed by atoms with Gasteiger partial charge in [-0.1, -0.05) is 6.42 Å². The van der Waals surface area contributed by atoms with Crippen molar-refractivity contribution in [1.29, 1.82) is 0 Å². The van der Waals surface area contributed by atoms with Crippen LogP contribution in [0.1, 0.15) is 55.5 Å². The molecule has 1 atom stereocenters. The van der Waals surface area contributed by atoms with Crippen LogP contribution in [0.5, 0.6) is 0 Å². The molecule has 0 spiro atoms.